The highest BCUT2D eigenvalue weighted by Crippen LogP contribution is 2.23. The highest BCUT2D eigenvalue weighted by molar-refractivity contribution is 5.92. The first-order valence-corrected chi connectivity index (χ1v) is 7.60. The molecule has 0 radical (unpaired) electrons. The number of ether oxygens (including phenoxy) is 2. The van der Waals surface area contributed by atoms with E-state index in [2.05, 4.69) is 5.32 Å². The van der Waals surface area contributed by atoms with Gasteiger partial charge in [-0.05, 0) is 39.3 Å². The van der Waals surface area contributed by atoms with Gasteiger partial charge >= 0.3 is 6.09 Å². The number of amides is 2. The Balaban J connectivity index is 2.38. The van der Waals surface area contributed by atoms with Crippen molar-refractivity contribution in [1.29, 1.82) is 0 Å². The molecular formula is C17H26N2O4. The van der Waals surface area contributed by atoms with Gasteiger partial charge in [-0.25, -0.2) is 4.79 Å². The monoisotopic (exact) mass is 322 g/mol. The first-order valence-electron chi connectivity index (χ1n) is 7.60. The van der Waals surface area contributed by atoms with E-state index in [0.29, 0.717) is 30.8 Å². The zero-order chi connectivity index (χ0) is 17.5. The summed E-state index contributed by atoms with van der Waals surface area (Å²) in [4.78, 5) is 25.2. The Labute approximate surface area is 137 Å². The number of hydrogen-bond acceptors (Lipinski definition) is 4. The van der Waals surface area contributed by atoms with Crippen LogP contribution in [-0.2, 0) is 9.53 Å². The molecule has 0 saturated carbocycles. The van der Waals surface area contributed by atoms with Crippen LogP contribution in [0.15, 0.2) is 24.3 Å². The zero-order valence-corrected chi connectivity index (χ0v) is 14.5. The summed E-state index contributed by atoms with van der Waals surface area (Å²) in [6, 6.07) is 7.23. The molecule has 0 atom stereocenters. The van der Waals surface area contributed by atoms with E-state index >= 15 is 0 Å². The van der Waals surface area contributed by atoms with Crippen LogP contribution in [0.25, 0.3) is 0 Å². The van der Waals surface area contributed by atoms with Crippen molar-refractivity contribution in [3.63, 3.8) is 0 Å². The fourth-order valence-corrected chi connectivity index (χ4v) is 1.87. The number of rotatable bonds is 6. The van der Waals surface area contributed by atoms with Gasteiger partial charge in [0.25, 0.3) is 0 Å². The molecule has 0 saturated heterocycles. The molecule has 0 aliphatic heterocycles. The molecule has 1 aromatic rings. The number of carbonyl (C=O) groups is 2. The molecule has 1 aromatic carbocycles. The van der Waals surface area contributed by atoms with Crippen molar-refractivity contribution in [3.8, 4) is 5.75 Å². The van der Waals surface area contributed by atoms with E-state index in [4.69, 9.17) is 9.47 Å². The largest absolute Gasteiger partial charge is 0.495 e. The Morgan fingerprint density at radius 1 is 1.22 bits per heavy atom. The van der Waals surface area contributed by atoms with Crippen LogP contribution in [-0.4, -0.2) is 43.2 Å². The summed E-state index contributed by atoms with van der Waals surface area (Å²) in [5.74, 6) is 0.499. The van der Waals surface area contributed by atoms with E-state index in [0.717, 1.165) is 0 Å². The summed E-state index contributed by atoms with van der Waals surface area (Å²) < 4.78 is 10.4. The van der Waals surface area contributed by atoms with Gasteiger partial charge < -0.3 is 19.7 Å². The van der Waals surface area contributed by atoms with Crippen molar-refractivity contribution >= 4 is 17.7 Å². The second-order valence-electron chi connectivity index (χ2n) is 6.25. The highest BCUT2D eigenvalue weighted by Gasteiger charge is 2.19. The smallest absolute Gasteiger partial charge is 0.410 e. The lowest BCUT2D eigenvalue weighted by atomic mass is 10.2. The molecule has 0 bridgehead atoms. The molecule has 0 heterocycles. The van der Waals surface area contributed by atoms with Crippen LogP contribution in [0.3, 0.4) is 0 Å². The minimum Gasteiger partial charge on any atom is -0.495 e. The van der Waals surface area contributed by atoms with Gasteiger partial charge in [0, 0.05) is 20.0 Å². The van der Waals surface area contributed by atoms with Crippen LogP contribution >= 0.6 is 0 Å². The Morgan fingerprint density at radius 3 is 2.48 bits per heavy atom. The number of anilines is 1. The van der Waals surface area contributed by atoms with Crippen LogP contribution in [0.1, 0.15) is 33.6 Å². The van der Waals surface area contributed by atoms with E-state index in [1.807, 2.05) is 32.9 Å². The molecule has 6 heteroatoms. The van der Waals surface area contributed by atoms with Gasteiger partial charge in [0.2, 0.25) is 5.91 Å². The first-order chi connectivity index (χ1) is 10.7. The second kappa shape index (κ2) is 8.41. The number of nitrogens with one attached hydrogen (secondary N) is 1. The van der Waals surface area contributed by atoms with E-state index in [1.165, 1.54) is 4.90 Å². The minimum absolute atomic E-state index is 0.118. The maximum absolute atomic E-state index is 12.0. The van der Waals surface area contributed by atoms with Crippen molar-refractivity contribution in [2.75, 3.05) is 26.0 Å². The van der Waals surface area contributed by atoms with Gasteiger partial charge in [0.15, 0.2) is 0 Å². The van der Waals surface area contributed by atoms with Crippen LogP contribution < -0.4 is 10.1 Å². The fourth-order valence-electron chi connectivity index (χ4n) is 1.87. The van der Waals surface area contributed by atoms with Crippen molar-refractivity contribution in [2.24, 2.45) is 0 Å². The van der Waals surface area contributed by atoms with Gasteiger partial charge in [-0.2, -0.15) is 0 Å². The van der Waals surface area contributed by atoms with Crippen molar-refractivity contribution in [3.05, 3.63) is 24.3 Å². The molecule has 0 aliphatic rings. The first kappa shape index (κ1) is 18.8. The van der Waals surface area contributed by atoms with Crippen LogP contribution in [0.5, 0.6) is 5.75 Å². The van der Waals surface area contributed by atoms with Crippen LogP contribution in [0.2, 0.25) is 0 Å². The molecule has 1 N–H and O–H groups in total. The average molecular weight is 322 g/mol. The van der Waals surface area contributed by atoms with E-state index in [9.17, 15) is 9.59 Å². The Kier molecular flexibility index (Phi) is 6.88. The molecule has 6 nitrogen and oxygen atoms in total. The summed E-state index contributed by atoms with van der Waals surface area (Å²) in [6.07, 6.45) is 0.477. The van der Waals surface area contributed by atoms with Gasteiger partial charge in [0.1, 0.15) is 11.4 Å². The lowest BCUT2D eigenvalue weighted by Crippen LogP contribution is -2.35. The summed E-state index contributed by atoms with van der Waals surface area (Å²) in [7, 11) is 3.22. The third-order valence-corrected chi connectivity index (χ3v) is 2.98. The zero-order valence-electron chi connectivity index (χ0n) is 14.5. The van der Waals surface area contributed by atoms with E-state index in [1.54, 1.807) is 26.3 Å². The van der Waals surface area contributed by atoms with Gasteiger partial charge in [-0.1, -0.05) is 12.1 Å². The topological polar surface area (TPSA) is 67.9 Å². The predicted octanol–water partition coefficient (Wildman–Crippen LogP) is 3.28. The normalized spacial score (nSPS) is 10.8. The Hall–Kier alpha value is -2.24. The third kappa shape index (κ3) is 7.04. The van der Waals surface area contributed by atoms with Gasteiger partial charge in [0.05, 0.1) is 12.8 Å². The third-order valence-electron chi connectivity index (χ3n) is 2.98. The maximum Gasteiger partial charge on any atom is 0.410 e. The number of nitrogens with zero attached hydrogens (tertiary/aromatic N) is 1. The molecule has 2 amide bonds. The average Bonchev–Trinajstić information content (AvgIpc) is 2.45. The van der Waals surface area contributed by atoms with Crippen molar-refractivity contribution in [1.82, 2.24) is 4.90 Å². The summed E-state index contributed by atoms with van der Waals surface area (Å²) >= 11 is 0. The molecular weight excluding hydrogens is 296 g/mol. The quantitative estimate of drug-likeness (QED) is 0.872. The molecule has 0 fully saturated rings. The molecule has 0 unspecified atom stereocenters. The van der Waals surface area contributed by atoms with Crippen LogP contribution in [0, 0.1) is 0 Å². The van der Waals surface area contributed by atoms with Crippen molar-refractivity contribution < 1.29 is 19.1 Å². The Bertz CT molecular complexity index is 538. The molecule has 0 aliphatic carbocycles. The number of methoxy groups -OCH3 is 1. The van der Waals surface area contributed by atoms with Gasteiger partial charge in [-0.3, -0.25) is 4.79 Å². The predicted molar refractivity (Wildman–Crippen MR) is 89.7 cm³/mol. The standard InChI is InChI=1S/C17H26N2O4/c1-17(2,3)23-16(21)19(4)12-8-11-15(20)18-13-9-6-7-10-14(13)22-5/h6-7,9-10H,8,11-12H2,1-5H3,(H,18,20). The second-order valence-corrected chi connectivity index (χ2v) is 6.25. The maximum atomic E-state index is 12.0. The van der Waals surface area contributed by atoms with E-state index < -0.39 is 5.60 Å². The van der Waals surface area contributed by atoms with Gasteiger partial charge in [-0.15, -0.1) is 0 Å². The fraction of sp³-hybridized carbons (Fsp3) is 0.529. The lowest BCUT2D eigenvalue weighted by molar-refractivity contribution is -0.116. The Morgan fingerprint density at radius 2 is 1.87 bits per heavy atom. The van der Waals surface area contributed by atoms with Crippen LogP contribution in [0.4, 0.5) is 10.5 Å². The molecule has 1 rings (SSSR count). The lowest BCUT2D eigenvalue weighted by Gasteiger charge is -2.24. The SMILES string of the molecule is COc1ccccc1NC(=O)CCCN(C)C(=O)OC(C)(C)C. The molecule has 0 aromatic heterocycles. The molecule has 0 spiro atoms. The van der Waals surface area contributed by atoms with Crippen molar-refractivity contribution in [2.45, 2.75) is 39.2 Å². The summed E-state index contributed by atoms with van der Waals surface area (Å²) in [6.45, 7) is 5.91. The highest BCUT2D eigenvalue weighted by atomic mass is 16.6. The summed E-state index contributed by atoms with van der Waals surface area (Å²) in [5, 5.41) is 2.80. The number of para-hydroxylation sites is 2. The van der Waals surface area contributed by atoms with E-state index in [-0.39, 0.29) is 12.0 Å². The minimum atomic E-state index is -0.521. The summed E-state index contributed by atoms with van der Waals surface area (Å²) in [5.41, 5.74) is 0.118. The number of hydrogen-bond donors (Lipinski definition) is 1. The number of benzene rings is 1. The number of carbonyl (C=O) groups excluding carboxylic acids is 2. The molecule has 23 heavy (non-hydrogen) atoms. The molecule has 128 valence electrons.